The molecule has 1 unspecified atom stereocenters. The van der Waals surface area contributed by atoms with Crippen LogP contribution in [0, 0.1) is 0 Å². The molecule has 1 aromatic rings. The van der Waals surface area contributed by atoms with Crippen LogP contribution in [0.15, 0.2) is 18.2 Å². The Bertz CT molecular complexity index is 479. The normalized spacial score (nSPS) is 11.6. The molecule has 2 N–H and O–H groups in total. The Labute approximate surface area is 124 Å². The highest BCUT2D eigenvalue weighted by Crippen LogP contribution is 2.22. The highest BCUT2D eigenvalue weighted by molar-refractivity contribution is 5.95. The predicted molar refractivity (Wildman–Crippen MR) is 78.0 cm³/mol. The minimum absolute atomic E-state index is 0.0965. The number of carbonyl (C=O) groups excluding carboxylic acids is 1. The Morgan fingerprint density at radius 3 is 2.19 bits per heavy atom. The van der Waals surface area contributed by atoms with Crippen LogP contribution in [-0.2, 0) is 4.79 Å². The van der Waals surface area contributed by atoms with Crippen molar-refractivity contribution in [1.29, 1.82) is 0 Å². The average molecular weight is 295 g/mol. The predicted octanol–water partition coefficient (Wildman–Crippen LogP) is 2.08. The van der Waals surface area contributed by atoms with E-state index in [0.717, 1.165) is 6.42 Å². The van der Waals surface area contributed by atoms with Crippen molar-refractivity contribution in [3.05, 3.63) is 23.8 Å². The van der Waals surface area contributed by atoms with Crippen LogP contribution in [0.1, 0.15) is 36.5 Å². The third-order valence-corrected chi connectivity index (χ3v) is 3.01. The van der Waals surface area contributed by atoms with Gasteiger partial charge in [0.1, 0.15) is 11.5 Å². The van der Waals surface area contributed by atoms with Crippen LogP contribution in [0.5, 0.6) is 11.5 Å². The van der Waals surface area contributed by atoms with E-state index in [0.29, 0.717) is 23.5 Å². The number of carbonyl (C=O) groups is 2. The van der Waals surface area contributed by atoms with Gasteiger partial charge < -0.3 is 19.9 Å². The van der Waals surface area contributed by atoms with E-state index in [9.17, 15) is 9.59 Å². The molecule has 21 heavy (non-hydrogen) atoms. The van der Waals surface area contributed by atoms with Gasteiger partial charge in [-0.25, -0.2) is 0 Å². The van der Waals surface area contributed by atoms with Gasteiger partial charge in [0.15, 0.2) is 0 Å². The minimum Gasteiger partial charge on any atom is -0.497 e. The Morgan fingerprint density at radius 1 is 1.19 bits per heavy atom. The maximum atomic E-state index is 12.2. The van der Waals surface area contributed by atoms with Gasteiger partial charge in [0.05, 0.1) is 20.6 Å². The number of nitrogens with one attached hydrogen (secondary N) is 1. The number of ether oxygens (including phenoxy) is 2. The molecule has 0 bridgehead atoms. The average Bonchev–Trinajstić information content (AvgIpc) is 2.46. The van der Waals surface area contributed by atoms with E-state index in [1.807, 2.05) is 6.92 Å². The molecular weight excluding hydrogens is 274 g/mol. The summed E-state index contributed by atoms with van der Waals surface area (Å²) in [4.78, 5) is 23.0. The third kappa shape index (κ3) is 5.33. The Balaban J connectivity index is 2.88. The molecule has 0 aliphatic carbocycles. The first-order valence-corrected chi connectivity index (χ1v) is 6.75. The van der Waals surface area contributed by atoms with Gasteiger partial charge in [0.2, 0.25) is 0 Å². The summed E-state index contributed by atoms with van der Waals surface area (Å²) < 4.78 is 10.2. The molecule has 1 atom stereocenters. The van der Waals surface area contributed by atoms with Crippen molar-refractivity contribution in [3.63, 3.8) is 0 Å². The maximum absolute atomic E-state index is 12.2. The molecular formula is C15H21NO5. The van der Waals surface area contributed by atoms with E-state index in [1.165, 1.54) is 14.2 Å². The number of aliphatic carboxylic acids is 1. The van der Waals surface area contributed by atoms with E-state index in [4.69, 9.17) is 14.6 Å². The topological polar surface area (TPSA) is 84.9 Å². The second-order valence-electron chi connectivity index (χ2n) is 4.66. The van der Waals surface area contributed by atoms with Gasteiger partial charge in [-0.15, -0.1) is 0 Å². The summed E-state index contributed by atoms with van der Waals surface area (Å²) in [5, 5.41) is 11.6. The lowest BCUT2D eigenvalue weighted by Gasteiger charge is -2.16. The van der Waals surface area contributed by atoms with Crippen molar-refractivity contribution < 1.29 is 24.2 Å². The molecule has 0 aromatic heterocycles. The lowest BCUT2D eigenvalue weighted by atomic mass is 10.1. The number of carboxylic acids is 1. The number of hydrogen-bond acceptors (Lipinski definition) is 4. The second kappa shape index (κ2) is 8.14. The molecule has 1 aromatic carbocycles. The summed E-state index contributed by atoms with van der Waals surface area (Å²) in [6.45, 7) is 1.94. The summed E-state index contributed by atoms with van der Waals surface area (Å²) >= 11 is 0. The quantitative estimate of drug-likeness (QED) is 0.767. The molecule has 0 saturated heterocycles. The Morgan fingerprint density at radius 2 is 1.76 bits per heavy atom. The fraction of sp³-hybridized carbons (Fsp3) is 0.467. The number of methoxy groups -OCH3 is 2. The van der Waals surface area contributed by atoms with Crippen LogP contribution < -0.4 is 14.8 Å². The van der Waals surface area contributed by atoms with Crippen molar-refractivity contribution >= 4 is 11.9 Å². The van der Waals surface area contributed by atoms with Gasteiger partial charge in [-0.05, 0) is 18.6 Å². The highest BCUT2D eigenvalue weighted by Gasteiger charge is 2.17. The molecule has 0 spiro atoms. The fourth-order valence-corrected chi connectivity index (χ4v) is 1.99. The number of hydrogen-bond donors (Lipinski definition) is 2. The number of carboxylic acid groups (broad SMARTS) is 1. The molecule has 6 heteroatoms. The lowest BCUT2D eigenvalue weighted by Crippen LogP contribution is -2.36. The standard InChI is InChI=1S/C15H21NO5/c1-4-5-11(8-14(17)18)16-15(19)10-6-12(20-2)9-13(7-10)21-3/h6-7,9,11H,4-5,8H2,1-3H3,(H,16,19)(H,17,18). The molecule has 1 rings (SSSR count). The van der Waals surface area contributed by atoms with E-state index >= 15 is 0 Å². The zero-order chi connectivity index (χ0) is 15.8. The zero-order valence-electron chi connectivity index (χ0n) is 12.5. The molecule has 0 fully saturated rings. The lowest BCUT2D eigenvalue weighted by molar-refractivity contribution is -0.137. The summed E-state index contributed by atoms with van der Waals surface area (Å²) in [7, 11) is 3.00. The molecule has 0 saturated carbocycles. The van der Waals surface area contributed by atoms with Crippen LogP contribution in [0.2, 0.25) is 0 Å². The first kappa shape index (κ1) is 16.8. The highest BCUT2D eigenvalue weighted by atomic mass is 16.5. The molecule has 0 aliphatic rings. The molecule has 0 heterocycles. The summed E-state index contributed by atoms with van der Waals surface area (Å²) in [6.07, 6.45) is 1.31. The maximum Gasteiger partial charge on any atom is 0.305 e. The van der Waals surface area contributed by atoms with Crippen molar-refractivity contribution in [1.82, 2.24) is 5.32 Å². The van der Waals surface area contributed by atoms with Crippen molar-refractivity contribution in [2.24, 2.45) is 0 Å². The van der Waals surface area contributed by atoms with Crippen LogP contribution in [0.25, 0.3) is 0 Å². The van der Waals surface area contributed by atoms with Crippen molar-refractivity contribution in [2.75, 3.05) is 14.2 Å². The van der Waals surface area contributed by atoms with Crippen LogP contribution in [-0.4, -0.2) is 37.2 Å². The Hall–Kier alpha value is -2.24. The molecule has 6 nitrogen and oxygen atoms in total. The van der Waals surface area contributed by atoms with E-state index in [-0.39, 0.29) is 12.3 Å². The van der Waals surface area contributed by atoms with Crippen molar-refractivity contribution in [2.45, 2.75) is 32.2 Å². The van der Waals surface area contributed by atoms with Crippen LogP contribution in [0.3, 0.4) is 0 Å². The van der Waals surface area contributed by atoms with Gasteiger partial charge >= 0.3 is 5.97 Å². The first-order chi connectivity index (χ1) is 9.99. The number of rotatable bonds is 8. The second-order valence-corrected chi connectivity index (χ2v) is 4.66. The fourth-order valence-electron chi connectivity index (χ4n) is 1.99. The molecule has 1 amide bonds. The molecule has 0 aliphatic heterocycles. The number of amides is 1. The monoisotopic (exact) mass is 295 g/mol. The van der Waals surface area contributed by atoms with Gasteiger partial charge in [-0.3, -0.25) is 9.59 Å². The van der Waals surface area contributed by atoms with E-state index < -0.39 is 12.0 Å². The van der Waals surface area contributed by atoms with Crippen molar-refractivity contribution in [3.8, 4) is 11.5 Å². The number of benzene rings is 1. The minimum atomic E-state index is -0.933. The van der Waals surface area contributed by atoms with E-state index in [1.54, 1.807) is 18.2 Å². The van der Waals surface area contributed by atoms with Gasteiger partial charge in [-0.1, -0.05) is 13.3 Å². The van der Waals surface area contributed by atoms with Gasteiger partial charge in [0, 0.05) is 17.7 Å². The SMILES string of the molecule is CCCC(CC(=O)O)NC(=O)c1cc(OC)cc(OC)c1. The van der Waals surface area contributed by atoms with Gasteiger partial charge in [-0.2, -0.15) is 0 Å². The van der Waals surface area contributed by atoms with Crippen LogP contribution in [0.4, 0.5) is 0 Å². The zero-order valence-corrected chi connectivity index (χ0v) is 12.5. The first-order valence-electron chi connectivity index (χ1n) is 6.75. The van der Waals surface area contributed by atoms with E-state index in [2.05, 4.69) is 5.32 Å². The van der Waals surface area contributed by atoms with Gasteiger partial charge in [0.25, 0.3) is 5.91 Å². The van der Waals surface area contributed by atoms with Crippen LogP contribution >= 0.6 is 0 Å². The molecule has 116 valence electrons. The molecule has 0 radical (unpaired) electrons. The Kier molecular flexibility index (Phi) is 6.52. The summed E-state index contributed by atoms with van der Waals surface area (Å²) in [5.41, 5.74) is 0.373. The summed E-state index contributed by atoms with van der Waals surface area (Å²) in [5.74, 6) is -0.265. The largest absolute Gasteiger partial charge is 0.497 e. The summed E-state index contributed by atoms with van der Waals surface area (Å²) in [6, 6.07) is 4.44. The smallest absolute Gasteiger partial charge is 0.305 e. The third-order valence-electron chi connectivity index (χ3n) is 3.01.